The van der Waals surface area contributed by atoms with Gasteiger partial charge in [0.2, 0.25) is 0 Å². The minimum absolute atomic E-state index is 0.249. The summed E-state index contributed by atoms with van der Waals surface area (Å²) in [6.07, 6.45) is 3.39. The predicted molar refractivity (Wildman–Crippen MR) is 103 cm³/mol. The number of aldehydes is 1. The van der Waals surface area contributed by atoms with Gasteiger partial charge in [-0.15, -0.1) is 0 Å². The number of rotatable bonds is 2. The van der Waals surface area contributed by atoms with Gasteiger partial charge in [-0.1, -0.05) is 0 Å². The average molecular weight is 357 g/mol. The number of anilines is 1. The molecule has 0 saturated carbocycles. The number of nitrogens with zero attached hydrogens (tertiary/aromatic N) is 3. The molecule has 1 saturated heterocycles. The Kier molecular flexibility index (Phi) is 4.94. The van der Waals surface area contributed by atoms with E-state index in [1.165, 1.54) is 0 Å². The highest BCUT2D eigenvalue weighted by Gasteiger charge is 2.24. The Morgan fingerprint density at radius 2 is 1.92 bits per heavy atom. The molecule has 0 N–H and O–H groups in total. The summed E-state index contributed by atoms with van der Waals surface area (Å²) in [7, 11) is 1.94. The number of ether oxygens (including phenoxy) is 1. The largest absolute Gasteiger partial charge is 0.444 e. The summed E-state index contributed by atoms with van der Waals surface area (Å²) in [5.41, 5.74) is 2.35. The summed E-state index contributed by atoms with van der Waals surface area (Å²) >= 11 is 0. The van der Waals surface area contributed by atoms with E-state index in [1.807, 2.05) is 44.6 Å². The second-order valence-electron chi connectivity index (χ2n) is 7.82. The molecule has 0 atom stereocenters. The van der Waals surface area contributed by atoms with Gasteiger partial charge in [0.1, 0.15) is 5.60 Å². The molecule has 0 aliphatic carbocycles. The molecule has 0 spiro atoms. The number of amides is 1. The molecule has 3 rings (SSSR count). The van der Waals surface area contributed by atoms with Gasteiger partial charge in [-0.3, -0.25) is 4.79 Å². The van der Waals surface area contributed by atoms with E-state index in [0.717, 1.165) is 42.4 Å². The highest BCUT2D eigenvalue weighted by Crippen LogP contribution is 2.26. The Bertz CT molecular complexity index is 820. The van der Waals surface area contributed by atoms with Crippen molar-refractivity contribution < 1.29 is 14.3 Å². The molecule has 1 aromatic heterocycles. The molecule has 140 valence electrons. The third-order valence-corrected chi connectivity index (χ3v) is 4.64. The molecule has 6 nitrogen and oxygen atoms in total. The van der Waals surface area contributed by atoms with Gasteiger partial charge in [0.25, 0.3) is 0 Å². The third-order valence-electron chi connectivity index (χ3n) is 4.64. The van der Waals surface area contributed by atoms with Gasteiger partial charge in [0, 0.05) is 61.6 Å². The number of aryl methyl sites for hydroxylation is 1. The van der Waals surface area contributed by atoms with E-state index < -0.39 is 5.60 Å². The zero-order chi connectivity index (χ0) is 18.9. The lowest BCUT2D eigenvalue weighted by Crippen LogP contribution is -2.39. The van der Waals surface area contributed by atoms with Crippen LogP contribution in [0.15, 0.2) is 24.4 Å². The van der Waals surface area contributed by atoms with Crippen molar-refractivity contribution in [2.24, 2.45) is 7.05 Å². The molecule has 2 heterocycles. The van der Waals surface area contributed by atoms with Crippen molar-refractivity contribution in [3.05, 3.63) is 30.0 Å². The van der Waals surface area contributed by atoms with Gasteiger partial charge in [0.05, 0.1) is 0 Å². The van der Waals surface area contributed by atoms with Crippen LogP contribution < -0.4 is 4.90 Å². The van der Waals surface area contributed by atoms with Crippen LogP contribution in [-0.2, 0) is 11.8 Å². The molecule has 0 bridgehead atoms. The van der Waals surface area contributed by atoms with Crippen molar-refractivity contribution in [1.29, 1.82) is 0 Å². The van der Waals surface area contributed by atoms with Crippen LogP contribution in [0.3, 0.4) is 0 Å². The molecule has 0 unspecified atom stereocenters. The first-order valence-electron chi connectivity index (χ1n) is 9.05. The van der Waals surface area contributed by atoms with E-state index in [2.05, 4.69) is 17.0 Å². The highest BCUT2D eigenvalue weighted by atomic mass is 16.6. The molecule has 1 aliphatic heterocycles. The van der Waals surface area contributed by atoms with E-state index in [-0.39, 0.29) is 6.09 Å². The number of aromatic nitrogens is 1. The summed E-state index contributed by atoms with van der Waals surface area (Å²) < 4.78 is 7.46. The zero-order valence-electron chi connectivity index (χ0n) is 16.0. The van der Waals surface area contributed by atoms with Crippen LogP contribution in [0, 0.1) is 0 Å². The number of carbonyl (C=O) groups excluding carboxylic acids is 2. The molecule has 2 aromatic rings. The van der Waals surface area contributed by atoms with Crippen molar-refractivity contribution in [2.75, 3.05) is 31.1 Å². The molecule has 1 fully saturated rings. The molecule has 0 radical (unpaired) electrons. The maximum absolute atomic E-state index is 12.3. The minimum atomic E-state index is -0.480. The monoisotopic (exact) mass is 357 g/mol. The van der Waals surface area contributed by atoms with Gasteiger partial charge in [-0.25, -0.2) is 4.79 Å². The van der Waals surface area contributed by atoms with E-state index in [4.69, 9.17) is 4.74 Å². The normalized spacial score (nSPS) is 15.8. The van der Waals surface area contributed by atoms with E-state index in [1.54, 1.807) is 4.90 Å². The molecule has 26 heavy (non-hydrogen) atoms. The van der Waals surface area contributed by atoms with Gasteiger partial charge in [0.15, 0.2) is 6.29 Å². The van der Waals surface area contributed by atoms with Gasteiger partial charge in [-0.05, 0) is 45.4 Å². The highest BCUT2D eigenvalue weighted by molar-refractivity contribution is 5.99. The van der Waals surface area contributed by atoms with Crippen LogP contribution >= 0.6 is 0 Å². The minimum Gasteiger partial charge on any atom is -0.444 e. The fourth-order valence-corrected chi connectivity index (χ4v) is 3.39. The Labute approximate surface area is 154 Å². The lowest BCUT2D eigenvalue weighted by Gasteiger charge is -2.27. The van der Waals surface area contributed by atoms with E-state index in [9.17, 15) is 9.59 Å². The summed E-state index contributed by atoms with van der Waals surface area (Å²) in [6.45, 7) is 8.58. The Hall–Kier alpha value is -2.50. The quantitative estimate of drug-likeness (QED) is 0.773. The average Bonchev–Trinajstić information content (AvgIpc) is 2.74. The fourth-order valence-electron chi connectivity index (χ4n) is 3.39. The van der Waals surface area contributed by atoms with Crippen molar-refractivity contribution >= 4 is 29.0 Å². The maximum Gasteiger partial charge on any atom is 0.410 e. The fraction of sp³-hybridized carbons (Fsp3) is 0.500. The predicted octanol–water partition coefficient (Wildman–Crippen LogP) is 3.44. The second kappa shape index (κ2) is 7.02. The number of hydrogen-bond acceptors (Lipinski definition) is 4. The number of benzene rings is 1. The molecule has 1 aromatic carbocycles. The van der Waals surface area contributed by atoms with Crippen LogP contribution in [-0.4, -0.2) is 53.6 Å². The van der Waals surface area contributed by atoms with Crippen molar-refractivity contribution in [3.8, 4) is 0 Å². The van der Waals surface area contributed by atoms with Crippen LogP contribution in [0.1, 0.15) is 37.6 Å². The molecule has 1 amide bonds. The zero-order valence-corrected chi connectivity index (χ0v) is 16.0. The first kappa shape index (κ1) is 18.3. The first-order chi connectivity index (χ1) is 12.3. The SMILES string of the molecule is Cn1cc(C=O)c2cc(N3CCCN(C(=O)OC(C)(C)C)CC3)ccc21. The molecule has 6 heteroatoms. The Morgan fingerprint density at radius 1 is 1.15 bits per heavy atom. The number of hydrogen-bond donors (Lipinski definition) is 0. The van der Waals surface area contributed by atoms with E-state index >= 15 is 0 Å². The first-order valence-corrected chi connectivity index (χ1v) is 9.05. The molecular weight excluding hydrogens is 330 g/mol. The number of fused-ring (bicyclic) bond motifs is 1. The van der Waals surface area contributed by atoms with Crippen LogP contribution in [0.4, 0.5) is 10.5 Å². The molecular formula is C20H27N3O3. The third kappa shape index (κ3) is 3.84. The summed E-state index contributed by atoms with van der Waals surface area (Å²) in [4.78, 5) is 27.7. The van der Waals surface area contributed by atoms with Gasteiger partial charge in [-0.2, -0.15) is 0 Å². The summed E-state index contributed by atoms with van der Waals surface area (Å²) in [6, 6.07) is 6.20. The van der Waals surface area contributed by atoms with Crippen molar-refractivity contribution in [1.82, 2.24) is 9.47 Å². The topological polar surface area (TPSA) is 54.8 Å². The Morgan fingerprint density at radius 3 is 2.62 bits per heavy atom. The second-order valence-corrected chi connectivity index (χ2v) is 7.82. The van der Waals surface area contributed by atoms with Gasteiger partial charge >= 0.3 is 6.09 Å². The van der Waals surface area contributed by atoms with Crippen LogP contribution in [0.5, 0.6) is 0 Å². The lowest BCUT2D eigenvalue weighted by molar-refractivity contribution is 0.0263. The summed E-state index contributed by atoms with van der Waals surface area (Å²) in [5, 5.41) is 0.966. The standard InChI is InChI=1S/C20H27N3O3/c1-20(2,3)26-19(25)23-9-5-8-22(10-11-23)16-6-7-18-17(12-16)15(14-24)13-21(18)4/h6-7,12-14H,5,8-11H2,1-4H3. The maximum atomic E-state index is 12.3. The van der Waals surface area contributed by atoms with Crippen molar-refractivity contribution in [2.45, 2.75) is 32.8 Å². The number of carbonyl (C=O) groups is 2. The van der Waals surface area contributed by atoms with Crippen LogP contribution in [0.2, 0.25) is 0 Å². The Balaban J connectivity index is 1.76. The summed E-state index contributed by atoms with van der Waals surface area (Å²) in [5.74, 6) is 0. The van der Waals surface area contributed by atoms with E-state index in [0.29, 0.717) is 18.7 Å². The molecule has 1 aliphatic rings. The van der Waals surface area contributed by atoms with Crippen molar-refractivity contribution in [3.63, 3.8) is 0 Å². The van der Waals surface area contributed by atoms with Gasteiger partial charge < -0.3 is 19.1 Å². The van der Waals surface area contributed by atoms with Crippen LogP contribution in [0.25, 0.3) is 10.9 Å². The smallest absolute Gasteiger partial charge is 0.410 e. The lowest BCUT2D eigenvalue weighted by atomic mass is 10.1.